The lowest BCUT2D eigenvalue weighted by molar-refractivity contribution is 0.0526. The van der Waals surface area contributed by atoms with Crippen LogP contribution in [0.2, 0.25) is 0 Å². The van der Waals surface area contributed by atoms with Crippen molar-refractivity contribution in [3.05, 3.63) is 77.0 Å². The minimum Gasteiger partial charge on any atom is -0.462 e. The molecule has 0 unspecified atom stereocenters. The molecule has 122 valence electrons. The molecule has 3 rings (SSSR count). The maximum atomic E-state index is 12.5. The maximum absolute atomic E-state index is 12.5. The lowest BCUT2D eigenvalue weighted by atomic mass is 9.87. The van der Waals surface area contributed by atoms with Gasteiger partial charge in [-0.05, 0) is 49.6 Å². The molecule has 4 nitrogen and oxygen atoms in total. The standard InChI is InChI=1S/C20H19NO3/c1-2-24-20(23)15-9-11-17(12-10-15)21-13-16-8-7-14-5-3-4-6-18(14)19(16)22/h3-6,9-13,21H,2,7-8H2,1H3/b16-13+. The Kier molecular flexibility index (Phi) is 4.75. The van der Waals surface area contributed by atoms with Gasteiger partial charge >= 0.3 is 5.97 Å². The van der Waals surface area contributed by atoms with Gasteiger partial charge in [-0.1, -0.05) is 24.3 Å². The van der Waals surface area contributed by atoms with Gasteiger partial charge in [0.05, 0.1) is 12.2 Å². The van der Waals surface area contributed by atoms with Crippen molar-refractivity contribution >= 4 is 17.4 Å². The summed E-state index contributed by atoms with van der Waals surface area (Å²) in [6, 6.07) is 14.7. The van der Waals surface area contributed by atoms with Gasteiger partial charge in [0.25, 0.3) is 0 Å². The van der Waals surface area contributed by atoms with E-state index < -0.39 is 0 Å². The normalized spacial score (nSPS) is 15.0. The summed E-state index contributed by atoms with van der Waals surface area (Å²) >= 11 is 0. The molecule has 1 aliphatic rings. The molecule has 0 spiro atoms. The molecule has 4 heteroatoms. The lowest BCUT2D eigenvalue weighted by Gasteiger charge is -2.17. The number of hydrogen-bond donors (Lipinski definition) is 1. The predicted molar refractivity (Wildman–Crippen MR) is 93.2 cm³/mol. The van der Waals surface area contributed by atoms with Crippen LogP contribution in [-0.4, -0.2) is 18.4 Å². The number of esters is 1. The van der Waals surface area contributed by atoms with E-state index in [1.54, 1.807) is 37.4 Å². The Bertz CT molecular complexity index is 791. The zero-order valence-corrected chi connectivity index (χ0v) is 13.5. The highest BCUT2D eigenvalue weighted by atomic mass is 16.5. The van der Waals surface area contributed by atoms with Crippen LogP contribution in [0.4, 0.5) is 5.69 Å². The van der Waals surface area contributed by atoms with E-state index in [1.165, 1.54) is 0 Å². The number of ketones is 1. The van der Waals surface area contributed by atoms with E-state index in [4.69, 9.17) is 4.74 Å². The maximum Gasteiger partial charge on any atom is 0.338 e. The number of rotatable bonds is 4. The Balaban J connectivity index is 1.70. The zero-order chi connectivity index (χ0) is 16.9. The van der Waals surface area contributed by atoms with E-state index >= 15 is 0 Å². The van der Waals surface area contributed by atoms with Gasteiger partial charge in [-0.15, -0.1) is 0 Å². The fraction of sp³-hybridized carbons (Fsp3) is 0.200. The van der Waals surface area contributed by atoms with Gasteiger partial charge in [0.15, 0.2) is 5.78 Å². The number of carbonyl (C=O) groups excluding carboxylic acids is 2. The van der Waals surface area contributed by atoms with Crippen molar-refractivity contribution in [2.24, 2.45) is 0 Å². The largest absolute Gasteiger partial charge is 0.462 e. The Morgan fingerprint density at radius 3 is 2.62 bits per heavy atom. The molecule has 0 aromatic heterocycles. The third kappa shape index (κ3) is 3.38. The highest BCUT2D eigenvalue weighted by Crippen LogP contribution is 2.25. The first-order chi connectivity index (χ1) is 11.7. The van der Waals surface area contributed by atoms with Crippen LogP contribution in [0, 0.1) is 0 Å². The summed E-state index contributed by atoms with van der Waals surface area (Å²) < 4.78 is 4.95. The molecule has 0 amide bonds. The molecule has 0 saturated heterocycles. The second-order valence-corrected chi connectivity index (χ2v) is 5.60. The van der Waals surface area contributed by atoms with E-state index in [0.717, 1.165) is 35.2 Å². The molecule has 0 aliphatic heterocycles. The van der Waals surface area contributed by atoms with E-state index in [9.17, 15) is 9.59 Å². The number of Topliss-reactive ketones (excluding diaryl/α,β-unsaturated/α-hetero) is 1. The van der Waals surface area contributed by atoms with Crippen LogP contribution in [0.25, 0.3) is 0 Å². The highest BCUT2D eigenvalue weighted by Gasteiger charge is 2.21. The van der Waals surface area contributed by atoms with E-state index in [0.29, 0.717) is 12.2 Å². The highest BCUT2D eigenvalue weighted by molar-refractivity contribution is 6.10. The minimum atomic E-state index is -0.332. The third-order valence-corrected chi connectivity index (χ3v) is 4.03. The number of carbonyl (C=O) groups is 2. The number of ether oxygens (including phenoxy) is 1. The summed E-state index contributed by atoms with van der Waals surface area (Å²) in [6.07, 6.45) is 3.36. The lowest BCUT2D eigenvalue weighted by Crippen LogP contribution is -2.15. The number of nitrogens with one attached hydrogen (secondary N) is 1. The SMILES string of the molecule is CCOC(=O)c1ccc(N/C=C2\CCc3ccccc3C2=O)cc1. The van der Waals surface area contributed by atoms with Gasteiger partial charge in [0.1, 0.15) is 0 Å². The Morgan fingerprint density at radius 2 is 1.88 bits per heavy atom. The molecule has 0 atom stereocenters. The molecule has 1 aliphatic carbocycles. The van der Waals surface area contributed by atoms with Crippen LogP contribution in [-0.2, 0) is 11.2 Å². The first-order valence-corrected chi connectivity index (χ1v) is 8.04. The molecule has 0 fully saturated rings. The number of benzene rings is 2. The molecule has 24 heavy (non-hydrogen) atoms. The summed E-state index contributed by atoms with van der Waals surface area (Å²) in [4.78, 5) is 24.1. The zero-order valence-electron chi connectivity index (χ0n) is 13.5. The van der Waals surface area contributed by atoms with E-state index in [2.05, 4.69) is 5.32 Å². The van der Waals surface area contributed by atoms with Crippen molar-refractivity contribution < 1.29 is 14.3 Å². The molecular weight excluding hydrogens is 302 g/mol. The number of fused-ring (bicyclic) bond motifs is 1. The van der Waals surface area contributed by atoms with Crippen LogP contribution in [0.1, 0.15) is 39.6 Å². The van der Waals surface area contributed by atoms with Gasteiger partial charge in [-0.2, -0.15) is 0 Å². The molecule has 0 bridgehead atoms. The van der Waals surface area contributed by atoms with Gasteiger partial charge in [-0.3, -0.25) is 4.79 Å². The summed E-state index contributed by atoms with van der Waals surface area (Å²) in [6.45, 7) is 2.13. The van der Waals surface area contributed by atoms with E-state index in [1.807, 2.05) is 24.3 Å². The monoisotopic (exact) mass is 321 g/mol. The third-order valence-electron chi connectivity index (χ3n) is 4.03. The van der Waals surface area contributed by atoms with Gasteiger partial charge in [0, 0.05) is 23.0 Å². The minimum absolute atomic E-state index is 0.0764. The van der Waals surface area contributed by atoms with Crippen molar-refractivity contribution in [3.63, 3.8) is 0 Å². The van der Waals surface area contributed by atoms with Gasteiger partial charge in [-0.25, -0.2) is 4.79 Å². The smallest absolute Gasteiger partial charge is 0.338 e. The molecular formula is C20H19NO3. The second kappa shape index (κ2) is 7.13. The Hall–Kier alpha value is -2.88. The van der Waals surface area contributed by atoms with Crippen molar-refractivity contribution in [1.82, 2.24) is 0 Å². The molecule has 1 N–H and O–H groups in total. The van der Waals surface area contributed by atoms with Crippen LogP contribution < -0.4 is 5.32 Å². The van der Waals surface area contributed by atoms with Gasteiger partial charge in [0.2, 0.25) is 0 Å². The Labute approximate surface area is 141 Å². The first kappa shape index (κ1) is 16.0. The second-order valence-electron chi connectivity index (χ2n) is 5.60. The number of hydrogen-bond acceptors (Lipinski definition) is 4. The Morgan fingerprint density at radius 1 is 1.12 bits per heavy atom. The number of allylic oxidation sites excluding steroid dienone is 1. The van der Waals surface area contributed by atoms with Crippen LogP contribution >= 0.6 is 0 Å². The number of anilines is 1. The van der Waals surface area contributed by atoms with Crippen molar-refractivity contribution in [3.8, 4) is 0 Å². The van der Waals surface area contributed by atoms with E-state index in [-0.39, 0.29) is 11.8 Å². The molecule has 0 heterocycles. The fourth-order valence-corrected chi connectivity index (χ4v) is 2.74. The van der Waals surface area contributed by atoms with Gasteiger partial charge < -0.3 is 10.1 Å². The summed E-state index contributed by atoms with van der Waals surface area (Å²) in [5.74, 6) is -0.256. The average molecular weight is 321 g/mol. The van der Waals surface area contributed by atoms with Crippen molar-refractivity contribution in [2.45, 2.75) is 19.8 Å². The fourth-order valence-electron chi connectivity index (χ4n) is 2.74. The predicted octanol–water partition coefficient (Wildman–Crippen LogP) is 3.99. The molecule has 2 aromatic carbocycles. The summed E-state index contributed by atoms with van der Waals surface area (Å²) in [5.41, 5.74) is 4.00. The summed E-state index contributed by atoms with van der Waals surface area (Å²) in [5, 5.41) is 3.14. The first-order valence-electron chi connectivity index (χ1n) is 8.04. The molecule has 0 radical (unpaired) electrons. The number of aryl methyl sites for hydroxylation is 1. The molecule has 2 aromatic rings. The van der Waals surface area contributed by atoms with Crippen molar-refractivity contribution in [1.29, 1.82) is 0 Å². The quantitative estimate of drug-likeness (QED) is 0.683. The summed E-state index contributed by atoms with van der Waals surface area (Å²) in [7, 11) is 0. The van der Waals surface area contributed by atoms with Crippen LogP contribution in [0.5, 0.6) is 0 Å². The average Bonchev–Trinajstić information content (AvgIpc) is 2.62. The topological polar surface area (TPSA) is 55.4 Å². The molecule has 0 saturated carbocycles. The van der Waals surface area contributed by atoms with Crippen molar-refractivity contribution in [2.75, 3.05) is 11.9 Å². The van der Waals surface area contributed by atoms with Crippen LogP contribution in [0.3, 0.4) is 0 Å². The van der Waals surface area contributed by atoms with Crippen LogP contribution in [0.15, 0.2) is 60.3 Å².